The maximum Gasteiger partial charge on any atom is 0.264 e. The Hall–Kier alpha value is -3.68. The number of amides is 2. The number of hydrogen-bond acceptors (Lipinski definition) is 6. The van der Waals surface area contributed by atoms with Crippen molar-refractivity contribution >= 4 is 23.2 Å². The van der Waals surface area contributed by atoms with E-state index < -0.39 is 0 Å². The molecule has 1 aliphatic rings. The molecule has 1 aromatic heterocycles. The van der Waals surface area contributed by atoms with Gasteiger partial charge in [-0.2, -0.15) is 4.98 Å². The molecule has 2 heterocycles. The lowest BCUT2D eigenvalue weighted by atomic mass is 10.1. The van der Waals surface area contributed by atoms with Gasteiger partial charge in [0.25, 0.3) is 5.91 Å². The van der Waals surface area contributed by atoms with Crippen LogP contribution in [0.3, 0.4) is 0 Å². The molecular weight excluding hydrogens is 360 g/mol. The Morgan fingerprint density at radius 1 is 1.21 bits per heavy atom. The van der Waals surface area contributed by atoms with Crippen molar-refractivity contribution in [2.75, 3.05) is 23.9 Å². The molecule has 8 nitrogen and oxygen atoms in total. The zero-order chi connectivity index (χ0) is 19.7. The van der Waals surface area contributed by atoms with E-state index in [0.717, 1.165) is 11.1 Å². The van der Waals surface area contributed by atoms with Crippen LogP contribution in [0.4, 0.5) is 11.4 Å². The maximum absolute atomic E-state index is 12.5. The van der Waals surface area contributed by atoms with Crippen LogP contribution in [0, 0.1) is 6.92 Å². The number of ether oxygens (including phenoxy) is 1. The van der Waals surface area contributed by atoms with E-state index in [9.17, 15) is 9.59 Å². The van der Waals surface area contributed by atoms with E-state index in [1.807, 2.05) is 31.2 Å². The summed E-state index contributed by atoms with van der Waals surface area (Å²) in [5.74, 6) is 0.654. The fraction of sp³-hybridized carbons (Fsp3) is 0.200. The molecule has 3 aromatic rings. The van der Waals surface area contributed by atoms with Crippen LogP contribution in [0.25, 0.3) is 11.4 Å². The van der Waals surface area contributed by atoms with Gasteiger partial charge < -0.3 is 19.5 Å². The third-order valence-corrected chi connectivity index (χ3v) is 4.51. The molecule has 2 aromatic carbocycles. The van der Waals surface area contributed by atoms with Crippen LogP contribution in [-0.4, -0.2) is 35.6 Å². The normalized spacial score (nSPS) is 13.1. The van der Waals surface area contributed by atoms with E-state index in [0.29, 0.717) is 22.9 Å². The van der Waals surface area contributed by atoms with Gasteiger partial charge in [-0.3, -0.25) is 9.59 Å². The number of aromatic nitrogens is 2. The van der Waals surface area contributed by atoms with Crippen LogP contribution in [0.5, 0.6) is 5.75 Å². The van der Waals surface area contributed by atoms with Crippen LogP contribution in [0.15, 0.2) is 47.0 Å². The van der Waals surface area contributed by atoms with Crippen molar-refractivity contribution in [3.63, 3.8) is 0 Å². The lowest BCUT2D eigenvalue weighted by molar-refractivity contribution is -0.121. The predicted octanol–water partition coefficient (Wildman–Crippen LogP) is 2.58. The molecule has 2 amide bonds. The molecule has 0 aliphatic carbocycles. The Balaban J connectivity index is 1.49. The number of rotatable bonds is 4. The van der Waals surface area contributed by atoms with E-state index >= 15 is 0 Å². The average molecular weight is 378 g/mol. The van der Waals surface area contributed by atoms with Crippen molar-refractivity contribution in [2.24, 2.45) is 0 Å². The second kappa shape index (κ2) is 7.15. The van der Waals surface area contributed by atoms with Gasteiger partial charge in [0, 0.05) is 12.6 Å². The maximum atomic E-state index is 12.5. The highest BCUT2D eigenvalue weighted by atomic mass is 16.5. The largest absolute Gasteiger partial charge is 0.479 e. The molecule has 0 radical (unpaired) electrons. The highest BCUT2D eigenvalue weighted by molar-refractivity contribution is 6.01. The first kappa shape index (κ1) is 17.7. The number of para-hydroxylation sites is 1. The van der Waals surface area contributed by atoms with Gasteiger partial charge in [0.1, 0.15) is 6.42 Å². The van der Waals surface area contributed by atoms with Gasteiger partial charge >= 0.3 is 0 Å². The Bertz CT molecular complexity index is 1060. The molecule has 4 rings (SSSR count). The number of aryl methyl sites for hydroxylation is 1. The van der Waals surface area contributed by atoms with Gasteiger partial charge in [0.2, 0.25) is 17.6 Å². The first-order valence-electron chi connectivity index (χ1n) is 8.74. The van der Waals surface area contributed by atoms with Crippen LogP contribution in [0.2, 0.25) is 0 Å². The predicted molar refractivity (Wildman–Crippen MR) is 102 cm³/mol. The quantitative estimate of drug-likeness (QED) is 0.749. The van der Waals surface area contributed by atoms with Gasteiger partial charge in [-0.1, -0.05) is 35.5 Å². The Morgan fingerprint density at radius 3 is 2.86 bits per heavy atom. The molecule has 0 fully saturated rings. The Morgan fingerprint density at radius 2 is 2.04 bits per heavy atom. The van der Waals surface area contributed by atoms with Gasteiger partial charge in [-0.25, -0.2) is 0 Å². The van der Waals surface area contributed by atoms with Gasteiger partial charge in [-0.15, -0.1) is 0 Å². The molecule has 0 atom stereocenters. The number of anilines is 2. The van der Waals surface area contributed by atoms with Crippen molar-refractivity contribution in [1.29, 1.82) is 0 Å². The standard InChI is InChI=1S/C20H18N4O4/c1-12-6-3-4-7-13(12)20-22-17(28-23-20)10-16(25)21-14-8-5-9-15-19(14)27-11-18(26)24(15)2/h3-9H,10-11H2,1-2H3,(H,21,25). The number of hydrogen-bond donors (Lipinski definition) is 1. The van der Waals surface area contributed by atoms with Crippen LogP contribution in [-0.2, 0) is 16.0 Å². The number of nitrogens with zero attached hydrogens (tertiary/aromatic N) is 3. The topological polar surface area (TPSA) is 97.6 Å². The summed E-state index contributed by atoms with van der Waals surface area (Å²) in [6.45, 7) is 1.89. The summed E-state index contributed by atoms with van der Waals surface area (Å²) in [4.78, 5) is 30.0. The van der Waals surface area contributed by atoms with Gasteiger partial charge in [-0.05, 0) is 24.6 Å². The zero-order valence-electron chi connectivity index (χ0n) is 15.4. The minimum Gasteiger partial charge on any atom is -0.479 e. The summed E-state index contributed by atoms with van der Waals surface area (Å²) in [5.41, 5.74) is 2.97. The molecule has 142 valence electrons. The van der Waals surface area contributed by atoms with Crippen LogP contribution < -0.4 is 15.0 Å². The zero-order valence-corrected chi connectivity index (χ0v) is 15.4. The number of carbonyl (C=O) groups excluding carboxylic acids is 2. The van der Waals surface area contributed by atoms with Crippen LogP contribution >= 0.6 is 0 Å². The summed E-state index contributed by atoms with van der Waals surface area (Å²) in [6, 6.07) is 12.9. The molecule has 0 saturated carbocycles. The van der Waals surface area contributed by atoms with Crippen molar-refractivity contribution in [2.45, 2.75) is 13.3 Å². The lowest BCUT2D eigenvalue weighted by Gasteiger charge is -2.27. The number of benzene rings is 2. The highest BCUT2D eigenvalue weighted by Crippen LogP contribution is 2.38. The molecule has 8 heteroatoms. The van der Waals surface area contributed by atoms with Crippen molar-refractivity contribution < 1.29 is 18.8 Å². The molecule has 0 unspecified atom stereocenters. The molecule has 28 heavy (non-hydrogen) atoms. The second-order valence-electron chi connectivity index (χ2n) is 6.45. The van der Waals surface area contributed by atoms with E-state index in [4.69, 9.17) is 9.26 Å². The molecular formula is C20H18N4O4. The van der Waals surface area contributed by atoms with Gasteiger partial charge in [0.15, 0.2) is 12.4 Å². The van der Waals surface area contributed by atoms with E-state index in [1.165, 1.54) is 4.90 Å². The number of carbonyl (C=O) groups is 2. The summed E-state index contributed by atoms with van der Waals surface area (Å²) in [7, 11) is 1.67. The van der Waals surface area contributed by atoms with Crippen molar-refractivity contribution in [1.82, 2.24) is 10.1 Å². The SMILES string of the molecule is Cc1ccccc1-c1noc(CC(=O)Nc2cccc3c2OCC(=O)N3C)n1. The minimum absolute atomic E-state index is 0.0696. The third kappa shape index (κ3) is 3.32. The summed E-state index contributed by atoms with van der Waals surface area (Å²) in [5, 5.41) is 6.75. The molecule has 0 spiro atoms. The van der Waals surface area contributed by atoms with E-state index in [1.54, 1.807) is 25.2 Å². The average Bonchev–Trinajstić information content (AvgIpc) is 3.13. The first-order chi connectivity index (χ1) is 13.5. The van der Waals surface area contributed by atoms with Crippen molar-refractivity contribution in [3.8, 4) is 17.1 Å². The fourth-order valence-corrected chi connectivity index (χ4v) is 3.00. The molecule has 1 aliphatic heterocycles. The van der Waals surface area contributed by atoms with Gasteiger partial charge in [0.05, 0.1) is 11.4 Å². The summed E-state index contributed by atoms with van der Waals surface area (Å²) >= 11 is 0. The number of likely N-dealkylation sites (N-methyl/N-ethyl adjacent to an activating group) is 1. The lowest BCUT2D eigenvalue weighted by Crippen LogP contribution is -2.35. The highest BCUT2D eigenvalue weighted by Gasteiger charge is 2.25. The summed E-state index contributed by atoms with van der Waals surface area (Å²) < 4.78 is 10.7. The monoisotopic (exact) mass is 378 g/mol. The van der Waals surface area contributed by atoms with Crippen LogP contribution in [0.1, 0.15) is 11.5 Å². The van der Waals surface area contributed by atoms with E-state index in [2.05, 4.69) is 15.5 Å². The third-order valence-electron chi connectivity index (χ3n) is 4.51. The minimum atomic E-state index is -0.323. The van der Waals surface area contributed by atoms with Crippen molar-refractivity contribution in [3.05, 3.63) is 53.9 Å². The molecule has 0 saturated heterocycles. The Labute approximate surface area is 161 Å². The number of fused-ring (bicyclic) bond motifs is 1. The molecule has 0 bridgehead atoms. The molecule has 1 N–H and O–H groups in total. The fourth-order valence-electron chi connectivity index (χ4n) is 3.00. The smallest absolute Gasteiger partial charge is 0.264 e. The first-order valence-corrected chi connectivity index (χ1v) is 8.74. The summed E-state index contributed by atoms with van der Waals surface area (Å²) in [6.07, 6.45) is -0.0721. The second-order valence-corrected chi connectivity index (χ2v) is 6.45. The van der Waals surface area contributed by atoms with E-state index in [-0.39, 0.29) is 30.7 Å². The number of nitrogens with one attached hydrogen (secondary N) is 1. The Kier molecular flexibility index (Phi) is 4.52.